The quantitative estimate of drug-likeness (QED) is 0.689. The van der Waals surface area contributed by atoms with Gasteiger partial charge in [-0.1, -0.05) is 0 Å². The highest BCUT2D eigenvalue weighted by atomic mass is 16.1. The Kier molecular flexibility index (Phi) is 2.11. The number of rotatable bonds is 5. The van der Waals surface area contributed by atoms with Crippen molar-refractivity contribution in [2.45, 2.75) is 32.2 Å². The van der Waals surface area contributed by atoms with Crippen LogP contribution in [0.2, 0.25) is 0 Å². The van der Waals surface area contributed by atoms with Gasteiger partial charge in [0.05, 0.1) is 12.5 Å². The Hall–Kier alpha value is -1.12. The molecule has 2 aliphatic rings. The van der Waals surface area contributed by atoms with Gasteiger partial charge in [0.25, 0.3) is 0 Å². The van der Waals surface area contributed by atoms with Crippen LogP contribution in [0, 0.1) is 17.8 Å². The van der Waals surface area contributed by atoms with Crippen LogP contribution in [0.1, 0.15) is 36.2 Å². The number of aldehydes is 1. The van der Waals surface area contributed by atoms with Gasteiger partial charge < -0.3 is 4.57 Å². The fraction of sp³-hybridized carbons (Fsp3) is 0.667. The molecule has 0 aliphatic heterocycles. The van der Waals surface area contributed by atoms with Gasteiger partial charge in [0, 0.05) is 6.54 Å². The summed E-state index contributed by atoms with van der Waals surface area (Å²) < 4.78 is 2.02. The minimum Gasteiger partial charge on any atom is -0.328 e. The molecule has 15 heavy (non-hydrogen) atoms. The van der Waals surface area contributed by atoms with Crippen molar-refractivity contribution in [1.29, 1.82) is 0 Å². The smallest absolute Gasteiger partial charge is 0.168 e. The number of carbonyl (C=O) groups is 1. The van der Waals surface area contributed by atoms with Crippen molar-refractivity contribution in [2.75, 3.05) is 0 Å². The summed E-state index contributed by atoms with van der Waals surface area (Å²) in [6, 6.07) is 0. The molecule has 3 rings (SSSR count). The van der Waals surface area contributed by atoms with Crippen LogP contribution in [-0.4, -0.2) is 15.8 Å². The molecule has 2 aliphatic carbocycles. The topological polar surface area (TPSA) is 34.9 Å². The first-order valence-corrected chi connectivity index (χ1v) is 5.84. The van der Waals surface area contributed by atoms with Gasteiger partial charge in [0.2, 0.25) is 0 Å². The highest BCUT2D eigenvalue weighted by Gasteiger charge is 2.41. The molecule has 2 fully saturated rings. The monoisotopic (exact) mass is 204 g/mol. The number of hydrogen-bond acceptors (Lipinski definition) is 2. The van der Waals surface area contributed by atoms with E-state index in [1.54, 1.807) is 12.5 Å². The van der Waals surface area contributed by atoms with E-state index in [2.05, 4.69) is 4.98 Å². The fourth-order valence-corrected chi connectivity index (χ4v) is 2.54. The summed E-state index contributed by atoms with van der Waals surface area (Å²) >= 11 is 0. The molecule has 3 nitrogen and oxygen atoms in total. The van der Waals surface area contributed by atoms with E-state index in [-0.39, 0.29) is 0 Å². The molecule has 1 heterocycles. The molecule has 2 saturated carbocycles. The lowest BCUT2D eigenvalue weighted by Crippen LogP contribution is -2.15. The average molecular weight is 204 g/mol. The van der Waals surface area contributed by atoms with Crippen molar-refractivity contribution in [1.82, 2.24) is 9.55 Å². The molecular formula is C12H16N2O. The first-order valence-electron chi connectivity index (χ1n) is 5.84. The third-order valence-electron chi connectivity index (χ3n) is 3.73. The second kappa shape index (κ2) is 3.47. The van der Waals surface area contributed by atoms with Crippen molar-refractivity contribution in [2.24, 2.45) is 17.8 Å². The van der Waals surface area contributed by atoms with Crippen LogP contribution in [-0.2, 0) is 6.54 Å². The average Bonchev–Trinajstić information content (AvgIpc) is 3.14. The van der Waals surface area contributed by atoms with Crippen molar-refractivity contribution in [3.05, 3.63) is 18.2 Å². The molecule has 0 bridgehead atoms. The van der Waals surface area contributed by atoms with Crippen LogP contribution in [0.4, 0.5) is 0 Å². The van der Waals surface area contributed by atoms with Gasteiger partial charge >= 0.3 is 0 Å². The molecule has 0 aromatic carbocycles. The lowest BCUT2D eigenvalue weighted by molar-refractivity contribution is 0.111. The maximum absolute atomic E-state index is 10.8. The molecule has 80 valence electrons. The Bertz CT molecular complexity index is 351. The molecule has 0 N–H and O–H groups in total. The lowest BCUT2D eigenvalue weighted by atomic mass is 9.98. The van der Waals surface area contributed by atoms with Crippen LogP contribution in [0.5, 0.6) is 0 Å². The Morgan fingerprint density at radius 1 is 1.40 bits per heavy atom. The summed E-state index contributed by atoms with van der Waals surface area (Å²) in [5.41, 5.74) is 0.723. The van der Waals surface area contributed by atoms with Crippen LogP contribution >= 0.6 is 0 Å². The minimum absolute atomic E-state index is 0.723. The first kappa shape index (κ1) is 9.13. The second-order valence-corrected chi connectivity index (χ2v) is 4.93. The molecule has 0 unspecified atom stereocenters. The van der Waals surface area contributed by atoms with E-state index in [4.69, 9.17) is 0 Å². The van der Waals surface area contributed by atoms with E-state index in [0.29, 0.717) is 0 Å². The summed E-state index contributed by atoms with van der Waals surface area (Å²) in [6.45, 7) is 1.00. The molecule has 0 saturated heterocycles. The highest BCUT2D eigenvalue weighted by molar-refractivity contribution is 5.71. The first-order chi connectivity index (χ1) is 7.38. The standard InChI is InChI=1S/C12H16N2O/c15-7-11-5-13-8-14(11)6-12(9-1-2-9)10-3-4-10/h5,7-10,12H,1-4,6H2. The van der Waals surface area contributed by atoms with Gasteiger partial charge in [-0.2, -0.15) is 0 Å². The predicted octanol–water partition coefficient (Wildman–Crippen LogP) is 2.13. The number of hydrogen-bond donors (Lipinski definition) is 0. The van der Waals surface area contributed by atoms with Gasteiger partial charge in [-0.15, -0.1) is 0 Å². The molecule has 1 aromatic heterocycles. The van der Waals surface area contributed by atoms with E-state index >= 15 is 0 Å². The Morgan fingerprint density at radius 2 is 2.07 bits per heavy atom. The Balaban J connectivity index is 1.74. The molecule has 0 atom stereocenters. The number of nitrogens with zero attached hydrogens (tertiary/aromatic N) is 2. The second-order valence-electron chi connectivity index (χ2n) is 4.93. The molecular weight excluding hydrogens is 188 g/mol. The van der Waals surface area contributed by atoms with Crippen LogP contribution < -0.4 is 0 Å². The van der Waals surface area contributed by atoms with Crippen molar-refractivity contribution >= 4 is 6.29 Å². The van der Waals surface area contributed by atoms with E-state index in [1.165, 1.54) is 25.7 Å². The predicted molar refractivity (Wildman–Crippen MR) is 56.6 cm³/mol. The summed E-state index contributed by atoms with van der Waals surface area (Å²) in [7, 11) is 0. The van der Waals surface area contributed by atoms with Gasteiger partial charge in [0.1, 0.15) is 5.69 Å². The number of carbonyl (C=O) groups excluding carboxylic acids is 1. The molecule has 3 heteroatoms. The zero-order valence-electron chi connectivity index (χ0n) is 8.80. The normalized spacial score (nSPS) is 20.9. The summed E-state index contributed by atoms with van der Waals surface area (Å²) in [5, 5.41) is 0. The third kappa shape index (κ3) is 1.83. The van der Waals surface area contributed by atoms with E-state index < -0.39 is 0 Å². The highest BCUT2D eigenvalue weighted by Crippen LogP contribution is 2.49. The van der Waals surface area contributed by atoms with E-state index in [9.17, 15) is 4.79 Å². The third-order valence-corrected chi connectivity index (χ3v) is 3.73. The summed E-state index contributed by atoms with van der Waals surface area (Å²) in [4.78, 5) is 14.8. The number of imidazole rings is 1. The van der Waals surface area contributed by atoms with Crippen molar-refractivity contribution < 1.29 is 4.79 Å². The van der Waals surface area contributed by atoms with E-state index in [0.717, 1.165) is 36.3 Å². The summed E-state index contributed by atoms with van der Waals surface area (Å²) in [5.74, 6) is 2.66. The van der Waals surface area contributed by atoms with Crippen LogP contribution in [0.15, 0.2) is 12.5 Å². The van der Waals surface area contributed by atoms with Crippen molar-refractivity contribution in [3.8, 4) is 0 Å². The molecule has 1 aromatic rings. The lowest BCUT2D eigenvalue weighted by Gasteiger charge is -2.16. The number of aromatic nitrogens is 2. The molecule has 0 radical (unpaired) electrons. The SMILES string of the molecule is O=Cc1cncn1CC(C1CC1)C1CC1. The largest absolute Gasteiger partial charge is 0.328 e. The van der Waals surface area contributed by atoms with Gasteiger partial charge in [0.15, 0.2) is 6.29 Å². The maximum Gasteiger partial charge on any atom is 0.168 e. The fourth-order valence-electron chi connectivity index (χ4n) is 2.54. The van der Waals surface area contributed by atoms with E-state index in [1.807, 2.05) is 4.57 Å². The maximum atomic E-state index is 10.8. The minimum atomic E-state index is 0.723. The van der Waals surface area contributed by atoms with Gasteiger partial charge in [-0.3, -0.25) is 4.79 Å². The van der Waals surface area contributed by atoms with Crippen LogP contribution in [0.25, 0.3) is 0 Å². The molecule has 0 amide bonds. The van der Waals surface area contributed by atoms with Crippen LogP contribution in [0.3, 0.4) is 0 Å². The Morgan fingerprint density at radius 3 is 2.60 bits per heavy atom. The summed E-state index contributed by atoms with van der Waals surface area (Å²) in [6.07, 6.45) is 9.94. The zero-order chi connectivity index (χ0) is 10.3. The Labute approximate surface area is 89.5 Å². The molecule has 0 spiro atoms. The van der Waals surface area contributed by atoms with Gasteiger partial charge in [-0.25, -0.2) is 4.98 Å². The van der Waals surface area contributed by atoms with Gasteiger partial charge in [-0.05, 0) is 43.4 Å². The zero-order valence-corrected chi connectivity index (χ0v) is 8.80. The van der Waals surface area contributed by atoms with Crippen molar-refractivity contribution in [3.63, 3.8) is 0 Å².